The van der Waals surface area contributed by atoms with Gasteiger partial charge in [0, 0.05) is 19.5 Å². The summed E-state index contributed by atoms with van der Waals surface area (Å²) in [5, 5.41) is 14.4. The van der Waals surface area contributed by atoms with Crippen molar-refractivity contribution >= 4 is 12.0 Å². The molecule has 4 atom stereocenters. The lowest BCUT2D eigenvalue weighted by Gasteiger charge is -2.22. The molecule has 5 nitrogen and oxygen atoms in total. The summed E-state index contributed by atoms with van der Waals surface area (Å²) in [5.41, 5.74) is 0. The molecule has 2 bridgehead atoms. The SMILES string of the molecule is CC(CCC(=O)O)CNC(=O)NCC1CC2CCC1C2. The molecule has 5 heteroatoms. The third kappa shape index (κ3) is 4.39. The third-order valence-corrected chi connectivity index (χ3v) is 4.87. The molecule has 0 radical (unpaired) electrons. The first kappa shape index (κ1) is 15.1. The maximum atomic E-state index is 11.7. The number of fused-ring (bicyclic) bond motifs is 2. The van der Waals surface area contributed by atoms with E-state index in [1.165, 1.54) is 25.7 Å². The number of carbonyl (C=O) groups excluding carboxylic acids is 1. The van der Waals surface area contributed by atoms with E-state index in [9.17, 15) is 9.59 Å². The first-order valence-corrected chi connectivity index (χ1v) is 7.78. The van der Waals surface area contributed by atoms with Gasteiger partial charge in [0.15, 0.2) is 0 Å². The quantitative estimate of drug-likeness (QED) is 0.670. The molecular weight excluding hydrogens is 256 g/mol. The van der Waals surface area contributed by atoms with Gasteiger partial charge in [0.1, 0.15) is 0 Å². The van der Waals surface area contributed by atoms with Crippen LogP contribution < -0.4 is 10.6 Å². The number of hydrogen-bond acceptors (Lipinski definition) is 2. The summed E-state index contributed by atoms with van der Waals surface area (Å²) in [7, 11) is 0. The first-order chi connectivity index (χ1) is 9.54. The molecule has 2 amide bonds. The zero-order chi connectivity index (χ0) is 14.5. The van der Waals surface area contributed by atoms with E-state index < -0.39 is 5.97 Å². The summed E-state index contributed by atoms with van der Waals surface area (Å²) in [5.74, 6) is 1.82. The Kier molecular flexibility index (Phi) is 5.26. The van der Waals surface area contributed by atoms with Crippen molar-refractivity contribution in [2.75, 3.05) is 13.1 Å². The van der Waals surface area contributed by atoms with Crippen molar-refractivity contribution < 1.29 is 14.7 Å². The molecular formula is C15H26N2O3. The van der Waals surface area contributed by atoms with Gasteiger partial charge in [0.2, 0.25) is 0 Å². The van der Waals surface area contributed by atoms with Gasteiger partial charge in [-0.2, -0.15) is 0 Å². The van der Waals surface area contributed by atoms with Gasteiger partial charge in [-0.3, -0.25) is 4.79 Å². The van der Waals surface area contributed by atoms with Gasteiger partial charge in [0.25, 0.3) is 0 Å². The second kappa shape index (κ2) is 6.95. The Morgan fingerprint density at radius 3 is 2.65 bits per heavy atom. The molecule has 2 saturated carbocycles. The van der Waals surface area contributed by atoms with Crippen LogP contribution in [0.3, 0.4) is 0 Å². The van der Waals surface area contributed by atoms with E-state index in [0.717, 1.165) is 18.4 Å². The lowest BCUT2D eigenvalue weighted by molar-refractivity contribution is -0.137. The van der Waals surface area contributed by atoms with Gasteiger partial charge in [0.05, 0.1) is 0 Å². The largest absolute Gasteiger partial charge is 0.481 e. The number of rotatable bonds is 7. The average molecular weight is 282 g/mol. The molecule has 20 heavy (non-hydrogen) atoms. The summed E-state index contributed by atoms with van der Waals surface area (Å²) in [6.45, 7) is 3.28. The lowest BCUT2D eigenvalue weighted by atomic mass is 9.89. The predicted molar refractivity (Wildman–Crippen MR) is 76.4 cm³/mol. The number of urea groups is 1. The van der Waals surface area contributed by atoms with E-state index in [4.69, 9.17) is 5.11 Å². The van der Waals surface area contributed by atoms with E-state index in [0.29, 0.717) is 18.9 Å². The van der Waals surface area contributed by atoms with Crippen LogP contribution in [0.5, 0.6) is 0 Å². The van der Waals surface area contributed by atoms with Crippen molar-refractivity contribution in [1.29, 1.82) is 0 Å². The molecule has 0 saturated heterocycles. The Bertz CT molecular complexity index is 359. The van der Waals surface area contributed by atoms with Crippen molar-refractivity contribution in [2.24, 2.45) is 23.7 Å². The van der Waals surface area contributed by atoms with Crippen molar-refractivity contribution in [1.82, 2.24) is 10.6 Å². The average Bonchev–Trinajstić information content (AvgIpc) is 3.02. The molecule has 2 aliphatic rings. The Morgan fingerprint density at radius 2 is 2.05 bits per heavy atom. The van der Waals surface area contributed by atoms with Crippen LogP contribution in [0.1, 0.15) is 45.4 Å². The molecule has 114 valence electrons. The van der Waals surface area contributed by atoms with Gasteiger partial charge >= 0.3 is 12.0 Å². The summed E-state index contributed by atoms with van der Waals surface area (Å²) < 4.78 is 0. The number of carboxylic acids is 1. The monoisotopic (exact) mass is 282 g/mol. The maximum absolute atomic E-state index is 11.7. The van der Waals surface area contributed by atoms with Gasteiger partial charge in [-0.05, 0) is 49.4 Å². The summed E-state index contributed by atoms with van der Waals surface area (Å²) >= 11 is 0. The summed E-state index contributed by atoms with van der Waals surface area (Å²) in [6.07, 6.45) is 6.12. The summed E-state index contributed by atoms with van der Waals surface area (Å²) in [6, 6.07) is -0.116. The predicted octanol–water partition coefficient (Wildman–Crippen LogP) is 2.22. The van der Waals surface area contributed by atoms with Gasteiger partial charge in [-0.15, -0.1) is 0 Å². The molecule has 0 aromatic heterocycles. The topological polar surface area (TPSA) is 78.4 Å². The van der Waals surface area contributed by atoms with E-state index in [2.05, 4.69) is 10.6 Å². The number of amides is 2. The Labute approximate surface area is 120 Å². The highest BCUT2D eigenvalue weighted by Gasteiger charge is 2.39. The van der Waals surface area contributed by atoms with E-state index >= 15 is 0 Å². The number of aliphatic carboxylic acids is 1. The third-order valence-electron chi connectivity index (χ3n) is 4.87. The van der Waals surface area contributed by atoms with Crippen molar-refractivity contribution in [2.45, 2.75) is 45.4 Å². The molecule has 0 spiro atoms. The first-order valence-electron chi connectivity index (χ1n) is 7.78. The minimum atomic E-state index is -0.780. The van der Waals surface area contributed by atoms with Gasteiger partial charge < -0.3 is 15.7 Å². The number of nitrogens with one attached hydrogen (secondary N) is 2. The molecule has 0 aromatic carbocycles. The normalized spacial score (nSPS) is 29.1. The number of carboxylic acid groups (broad SMARTS) is 1. The van der Waals surface area contributed by atoms with Crippen LogP contribution >= 0.6 is 0 Å². The van der Waals surface area contributed by atoms with E-state index in [1.807, 2.05) is 6.92 Å². The lowest BCUT2D eigenvalue weighted by Crippen LogP contribution is -2.40. The zero-order valence-corrected chi connectivity index (χ0v) is 12.2. The number of carbonyl (C=O) groups is 2. The van der Waals surface area contributed by atoms with Crippen LogP contribution in [0.25, 0.3) is 0 Å². The molecule has 2 aliphatic carbocycles. The fourth-order valence-corrected chi connectivity index (χ4v) is 3.65. The Hall–Kier alpha value is -1.26. The standard InChI is InChI=1S/C15H26N2O3/c1-10(2-5-14(18)19)8-16-15(20)17-9-13-7-11-3-4-12(13)6-11/h10-13H,2-9H2,1H3,(H,18,19)(H2,16,17,20). The second-order valence-electron chi connectivity index (χ2n) is 6.56. The second-order valence-corrected chi connectivity index (χ2v) is 6.56. The molecule has 3 N–H and O–H groups in total. The molecule has 0 heterocycles. The zero-order valence-electron chi connectivity index (χ0n) is 12.2. The highest BCUT2D eigenvalue weighted by molar-refractivity contribution is 5.73. The smallest absolute Gasteiger partial charge is 0.314 e. The molecule has 0 aliphatic heterocycles. The van der Waals surface area contributed by atoms with Crippen molar-refractivity contribution in [3.8, 4) is 0 Å². The van der Waals surface area contributed by atoms with Crippen LogP contribution in [0.2, 0.25) is 0 Å². The minimum absolute atomic E-state index is 0.116. The Morgan fingerprint density at radius 1 is 1.25 bits per heavy atom. The van der Waals surface area contributed by atoms with Crippen LogP contribution in [-0.2, 0) is 4.79 Å². The maximum Gasteiger partial charge on any atom is 0.314 e. The van der Waals surface area contributed by atoms with Gasteiger partial charge in [-0.25, -0.2) is 4.79 Å². The molecule has 2 fully saturated rings. The van der Waals surface area contributed by atoms with Gasteiger partial charge in [-0.1, -0.05) is 13.3 Å². The van der Waals surface area contributed by atoms with Crippen LogP contribution in [0.15, 0.2) is 0 Å². The minimum Gasteiger partial charge on any atom is -0.481 e. The highest BCUT2D eigenvalue weighted by Crippen LogP contribution is 2.47. The molecule has 2 rings (SSSR count). The fraction of sp³-hybridized carbons (Fsp3) is 0.867. The number of hydrogen-bond donors (Lipinski definition) is 3. The van der Waals surface area contributed by atoms with Crippen molar-refractivity contribution in [3.05, 3.63) is 0 Å². The van der Waals surface area contributed by atoms with Crippen molar-refractivity contribution in [3.63, 3.8) is 0 Å². The van der Waals surface area contributed by atoms with E-state index in [-0.39, 0.29) is 18.4 Å². The van der Waals surface area contributed by atoms with Crippen LogP contribution in [-0.4, -0.2) is 30.2 Å². The molecule has 4 unspecified atom stereocenters. The fourth-order valence-electron chi connectivity index (χ4n) is 3.65. The Balaban J connectivity index is 1.55. The molecule has 0 aromatic rings. The highest BCUT2D eigenvalue weighted by atomic mass is 16.4. The van der Waals surface area contributed by atoms with Crippen LogP contribution in [0, 0.1) is 23.7 Å². The van der Waals surface area contributed by atoms with E-state index in [1.54, 1.807) is 0 Å². The summed E-state index contributed by atoms with van der Waals surface area (Å²) in [4.78, 5) is 22.2. The van der Waals surface area contributed by atoms with Crippen LogP contribution in [0.4, 0.5) is 4.79 Å².